The minimum absolute atomic E-state index is 0.0145. The number of nitrogens with zero attached hydrogens (tertiary/aromatic N) is 2. The average molecular weight is 376 g/mol. The van der Waals surface area contributed by atoms with E-state index in [-0.39, 0.29) is 24.3 Å². The number of benzene rings is 1. The summed E-state index contributed by atoms with van der Waals surface area (Å²) in [6.07, 6.45) is 7.80. The summed E-state index contributed by atoms with van der Waals surface area (Å²) in [5, 5.41) is 9.47. The number of hydrogen-bond donors (Lipinski definition) is 1. The van der Waals surface area contributed by atoms with Gasteiger partial charge in [-0.05, 0) is 49.9 Å². The van der Waals surface area contributed by atoms with Crippen molar-refractivity contribution in [2.24, 2.45) is 0 Å². The maximum absolute atomic E-state index is 13.2. The topological polar surface area (TPSA) is 60.9 Å². The van der Waals surface area contributed by atoms with Crippen LogP contribution in [0.25, 0.3) is 0 Å². The molecular weight excluding hydrogens is 347 g/mol. The van der Waals surface area contributed by atoms with Gasteiger partial charge in [-0.2, -0.15) is 0 Å². The molecule has 3 rings (SSSR count). The van der Waals surface area contributed by atoms with Crippen molar-refractivity contribution >= 4 is 11.9 Å². The highest BCUT2D eigenvalue weighted by molar-refractivity contribution is 5.80. The van der Waals surface area contributed by atoms with Gasteiger partial charge in [0, 0.05) is 12.6 Å². The molecule has 27 heavy (non-hydrogen) atoms. The fourth-order valence-corrected chi connectivity index (χ4v) is 4.32. The molecule has 2 fully saturated rings. The van der Waals surface area contributed by atoms with E-state index in [2.05, 4.69) is 0 Å². The Morgan fingerprint density at radius 3 is 2.37 bits per heavy atom. The molecule has 0 bridgehead atoms. The third-order valence-electron chi connectivity index (χ3n) is 5.84. The van der Waals surface area contributed by atoms with Gasteiger partial charge < -0.3 is 10.0 Å². The normalized spacial score (nSPS) is 21.7. The van der Waals surface area contributed by atoms with Crippen LogP contribution in [0.5, 0.6) is 0 Å². The first-order valence-corrected chi connectivity index (χ1v) is 10.1. The number of hydrogen-bond acceptors (Lipinski definition) is 3. The van der Waals surface area contributed by atoms with E-state index in [1.165, 1.54) is 18.6 Å². The summed E-state index contributed by atoms with van der Waals surface area (Å²) in [6.45, 7) is 1.25. The van der Waals surface area contributed by atoms with Crippen LogP contribution in [0.3, 0.4) is 0 Å². The van der Waals surface area contributed by atoms with Crippen LogP contribution in [0.4, 0.5) is 4.39 Å². The van der Waals surface area contributed by atoms with Crippen molar-refractivity contribution in [2.45, 2.75) is 70.0 Å². The van der Waals surface area contributed by atoms with Crippen molar-refractivity contribution in [3.8, 4) is 0 Å². The van der Waals surface area contributed by atoms with E-state index >= 15 is 0 Å². The quantitative estimate of drug-likeness (QED) is 0.826. The highest BCUT2D eigenvalue weighted by Gasteiger charge is 2.32. The Morgan fingerprint density at radius 1 is 1.04 bits per heavy atom. The van der Waals surface area contributed by atoms with Crippen LogP contribution in [0.15, 0.2) is 24.3 Å². The number of carbonyl (C=O) groups excluding carboxylic acids is 1. The van der Waals surface area contributed by atoms with Crippen LogP contribution in [0, 0.1) is 5.82 Å². The summed E-state index contributed by atoms with van der Waals surface area (Å²) >= 11 is 0. The lowest BCUT2D eigenvalue weighted by molar-refractivity contribution is -0.147. The lowest BCUT2D eigenvalue weighted by Crippen LogP contribution is -2.51. The van der Waals surface area contributed by atoms with Crippen LogP contribution in [-0.4, -0.2) is 52.0 Å². The van der Waals surface area contributed by atoms with Crippen LogP contribution in [0.2, 0.25) is 0 Å². The minimum atomic E-state index is -0.842. The van der Waals surface area contributed by atoms with Gasteiger partial charge in [0.05, 0.1) is 6.54 Å². The second-order valence-corrected chi connectivity index (χ2v) is 7.76. The lowest BCUT2D eigenvalue weighted by Gasteiger charge is -2.38. The average Bonchev–Trinajstić information content (AvgIpc) is 2.68. The number of aliphatic carboxylic acids is 1. The summed E-state index contributed by atoms with van der Waals surface area (Å²) in [7, 11) is 0. The highest BCUT2D eigenvalue weighted by Crippen LogP contribution is 2.25. The van der Waals surface area contributed by atoms with Crippen molar-refractivity contribution in [1.82, 2.24) is 9.80 Å². The Kier molecular flexibility index (Phi) is 6.83. The molecule has 1 saturated carbocycles. The monoisotopic (exact) mass is 376 g/mol. The number of halogens is 1. The fraction of sp³-hybridized carbons (Fsp3) is 0.619. The molecule has 5 nitrogen and oxygen atoms in total. The molecule has 148 valence electrons. The molecule has 6 heteroatoms. The van der Waals surface area contributed by atoms with E-state index in [1.807, 2.05) is 9.80 Å². The fourth-order valence-electron chi connectivity index (χ4n) is 4.32. The molecule has 1 unspecified atom stereocenters. The Morgan fingerprint density at radius 2 is 1.70 bits per heavy atom. The summed E-state index contributed by atoms with van der Waals surface area (Å²) in [4.78, 5) is 28.4. The van der Waals surface area contributed by atoms with Crippen molar-refractivity contribution in [3.05, 3.63) is 35.6 Å². The first-order valence-electron chi connectivity index (χ1n) is 10.1. The van der Waals surface area contributed by atoms with Gasteiger partial charge in [0.1, 0.15) is 11.9 Å². The number of carboxylic acid groups (broad SMARTS) is 1. The lowest BCUT2D eigenvalue weighted by atomic mass is 9.93. The van der Waals surface area contributed by atoms with E-state index < -0.39 is 12.0 Å². The second kappa shape index (κ2) is 9.31. The standard InChI is InChI=1S/C21H29FN2O3/c22-17-11-9-16(10-12-17)14-24(18-6-2-1-3-7-18)20(25)15-23-13-5-4-8-19(23)21(26)27/h9-12,18-19H,1-8,13-15H2,(H,26,27). The van der Waals surface area contributed by atoms with E-state index in [0.717, 1.165) is 44.1 Å². The molecule has 1 saturated heterocycles. The molecule has 1 atom stereocenters. The molecule has 1 aliphatic carbocycles. The first-order chi connectivity index (χ1) is 13.0. The third-order valence-corrected chi connectivity index (χ3v) is 5.84. The molecule has 0 aromatic heterocycles. The predicted molar refractivity (Wildman–Crippen MR) is 101 cm³/mol. The van der Waals surface area contributed by atoms with Crippen molar-refractivity contribution in [1.29, 1.82) is 0 Å². The molecular formula is C21H29FN2O3. The van der Waals surface area contributed by atoms with Gasteiger partial charge in [-0.15, -0.1) is 0 Å². The summed E-state index contributed by atoms with van der Waals surface area (Å²) in [5.41, 5.74) is 0.906. The van der Waals surface area contributed by atoms with Gasteiger partial charge in [-0.1, -0.05) is 37.8 Å². The maximum atomic E-state index is 13.2. The molecule has 2 aliphatic rings. The largest absolute Gasteiger partial charge is 0.480 e. The smallest absolute Gasteiger partial charge is 0.320 e. The Balaban J connectivity index is 1.73. The summed E-state index contributed by atoms with van der Waals surface area (Å²) in [6, 6.07) is 5.90. The van der Waals surface area contributed by atoms with Crippen molar-refractivity contribution < 1.29 is 19.1 Å². The number of rotatable bonds is 6. The van der Waals surface area contributed by atoms with Crippen molar-refractivity contribution in [3.63, 3.8) is 0 Å². The number of carboxylic acids is 1. The summed E-state index contributed by atoms with van der Waals surface area (Å²) < 4.78 is 13.2. The second-order valence-electron chi connectivity index (χ2n) is 7.76. The molecule has 1 heterocycles. The number of likely N-dealkylation sites (tertiary alicyclic amines) is 1. The number of piperidine rings is 1. The van der Waals surface area contributed by atoms with Crippen LogP contribution >= 0.6 is 0 Å². The van der Waals surface area contributed by atoms with Gasteiger partial charge in [0.2, 0.25) is 5.91 Å². The molecule has 0 radical (unpaired) electrons. The number of amides is 1. The molecule has 1 aliphatic heterocycles. The van der Waals surface area contributed by atoms with Gasteiger partial charge in [-0.25, -0.2) is 4.39 Å². The van der Waals surface area contributed by atoms with E-state index in [4.69, 9.17) is 0 Å². The molecule has 1 aromatic rings. The van der Waals surface area contributed by atoms with Crippen LogP contribution in [0.1, 0.15) is 56.9 Å². The molecule has 1 amide bonds. The Hall–Kier alpha value is -1.95. The van der Waals surface area contributed by atoms with Crippen LogP contribution in [-0.2, 0) is 16.1 Å². The first kappa shape index (κ1) is 19.8. The van der Waals surface area contributed by atoms with Crippen LogP contribution < -0.4 is 0 Å². The predicted octanol–water partition coefficient (Wildman–Crippen LogP) is 3.43. The van der Waals surface area contributed by atoms with Gasteiger partial charge in [0.15, 0.2) is 0 Å². The van der Waals surface area contributed by atoms with E-state index in [0.29, 0.717) is 19.5 Å². The zero-order valence-electron chi connectivity index (χ0n) is 15.8. The highest BCUT2D eigenvalue weighted by atomic mass is 19.1. The Bertz CT molecular complexity index is 643. The van der Waals surface area contributed by atoms with Gasteiger partial charge in [-0.3, -0.25) is 14.5 Å². The molecule has 1 N–H and O–H groups in total. The zero-order valence-corrected chi connectivity index (χ0v) is 15.8. The number of carbonyl (C=O) groups is 2. The SMILES string of the molecule is O=C(O)C1CCCCN1CC(=O)N(Cc1ccc(F)cc1)C1CCCCC1. The third kappa shape index (κ3) is 5.28. The molecule has 0 spiro atoms. The maximum Gasteiger partial charge on any atom is 0.320 e. The van der Waals surface area contributed by atoms with Gasteiger partial charge >= 0.3 is 5.97 Å². The van der Waals surface area contributed by atoms with Crippen molar-refractivity contribution in [2.75, 3.05) is 13.1 Å². The Labute approximate surface area is 160 Å². The van der Waals surface area contributed by atoms with Gasteiger partial charge in [0.25, 0.3) is 0 Å². The van der Waals surface area contributed by atoms with E-state index in [1.54, 1.807) is 12.1 Å². The zero-order chi connectivity index (χ0) is 19.2. The van der Waals surface area contributed by atoms with E-state index in [9.17, 15) is 19.1 Å². The molecule has 1 aromatic carbocycles. The minimum Gasteiger partial charge on any atom is -0.480 e. The summed E-state index contributed by atoms with van der Waals surface area (Å²) in [5.74, 6) is -1.14.